The van der Waals surface area contributed by atoms with E-state index in [-0.39, 0.29) is 23.2 Å². The lowest BCUT2D eigenvalue weighted by Gasteiger charge is -2.13. The van der Waals surface area contributed by atoms with Crippen LogP contribution in [0.25, 0.3) is 5.82 Å². The van der Waals surface area contributed by atoms with Crippen molar-refractivity contribution in [3.8, 4) is 5.82 Å². The van der Waals surface area contributed by atoms with Crippen LogP contribution in [0, 0.1) is 0 Å². The molecule has 0 unspecified atom stereocenters. The Morgan fingerprint density at radius 1 is 1.03 bits per heavy atom. The lowest BCUT2D eigenvalue weighted by molar-refractivity contribution is -0.137. The first-order valence-electron chi connectivity index (χ1n) is 9.37. The average molecular weight is 431 g/mol. The van der Waals surface area contributed by atoms with Gasteiger partial charge in [0, 0.05) is 24.5 Å². The van der Waals surface area contributed by atoms with E-state index in [1.54, 1.807) is 24.3 Å². The van der Waals surface area contributed by atoms with Gasteiger partial charge < -0.3 is 10.6 Å². The van der Waals surface area contributed by atoms with Crippen molar-refractivity contribution in [1.29, 1.82) is 0 Å². The number of rotatable bonds is 5. The van der Waals surface area contributed by atoms with Gasteiger partial charge in [-0.3, -0.25) is 9.59 Å². The third-order valence-corrected chi connectivity index (χ3v) is 4.33. The fourth-order valence-electron chi connectivity index (χ4n) is 3.03. The van der Waals surface area contributed by atoms with Gasteiger partial charge in [0.25, 0.3) is 5.91 Å². The molecule has 2 N–H and O–H groups in total. The number of anilines is 2. The Labute approximate surface area is 176 Å². The van der Waals surface area contributed by atoms with Gasteiger partial charge >= 0.3 is 6.18 Å². The van der Waals surface area contributed by atoms with Gasteiger partial charge in [0.05, 0.1) is 23.0 Å². The number of aromatic nitrogens is 3. The van der Waals surface area contributed by atoms with E-state index in [2.05, 4.69) is 20.7 Å². The highest BCUT2D eigenvalue weighted by Gasteiger charge is 2.31. The molecule has 0 saturated carbocycles. The van der Waals surface area contributed by atoms with E-state index in [9.17, 15) is 22.8 Å². The Hall–Kier alpha value is -3.69. The molecule has 3 aromatic rings. The summed E-state index contributed by atoms with van der Waals surface area (Å²) in [6.07, 6.45) is -2.41. The highest BCUT2D eigenvalue weighted by atomic mass is 19.4. The van der Waals surface area contributed by atoms with Crippen LogP contribution < -0.4 is 10.6 Å². The van der Waals surface area contributed by atoms with E-state index in [1.165, 1.54) is 23.9 Å². The molecule has 0 aliphatic rings. The first kappa shape index (κ1) is 22.0. The number of carbonyl (C=O) groups excluding carboxylic acids is 2. The molecule has 0 radical (unpaired) electrons. The monoisotopic (exact) mass is 431 g/mol. The molecule has 0 spiro atoms. The molecule has 7 nitrogen and oxygen atoms in total. The van der Waals surface area contributed by atoms with Gasteiger partial charge in [-0.1, -0.05) is 19.9 Å². The molecule has 3 rings (SSSR count). The molecular formula is C21H20F3N5O2. The molecule has 0 atom stereocenters. The van der Waals surface area contributed by atoms with Crippen molar-refractivity contribution in [3.05, 3.63) is 65.6 Å². The van der Waals surface area contributed by atoms with Crippen molar-refractivity contribution in [2.24, 2.45) is 0 Å². The molecule has 1 aromatic carbocycles. The molecule has 31 heavy (non-hydrogen) atoms. The molecule has 2 amide bonds. The van der Waals surface area contributed by atoms with E-state index >= 15 is 0 Å². The lowest BCUT2D eigenvalue weighted by atomic mass is 10.1. The summed E-state index contributed by atoms with van der Waals surface area (Å²) in [6, 6.07) is 8.77. The fraction of sp³-hybridized carbons (Fsp3) is 0.238. The number of amides is 2. The van der Waals surface area contributed by atoms with Gasteiger partial charge in [-0.05, 0) is 36.2 Å². The summed E-state index contributed by atoms with van der Waals surface area (Å²) in [5.74, 6) is -0.681. The zero-order valence-corrected chi connectivity index (χ0v) is 17.0. The molecule has 0 aliphatic carbocycles. The van der Waals surface area contributed by atoms with E-state index in [1.807, 2.05) is 13.8 Å². The smallest absolute Gasteiger partial charge is 0.326 e. The summed E-state index contributed by atoms with van der Waals surface area (Å²) in [5, 5.41) is 9.56. The molecule has 0 bridgehead atoms. The summed E-state index contributed by atoms with van der Waals surface area (Å²) in [5.41, 5.74) is 0.890. The van der Waals surface area contributed by atoms with Gasteiger partial charge in [-0.25, -0.2) is 9.67 Å². The Balaban J connectivity index is 1.90. The van der Waals surface area contributed by atoms with Crippen molar-refractivity contribution in [2.45, 2.75) is 32.9 Å². The van der Waals surface area contributed by atoms with Crippen LogP contribution in [0.1, 0.15) is 48.3 Å². The molecule has 0 fully saturated rings. The molecule has 0 saturated heterocycles. The fourth-order valence-corrected chi connectivity index (χ4v) is 3.03. The zero-order valence-electron chi connectivity index (χ0n) is 17.0. The van der Waals surface area contributed by atoms with Crippen LogP contribution in [0.3, 0.4) is 0 Å². The van der Waals surface area contributed by atoms with Crippen LogP contribution in [0.4, 0.5) is 24.5 Å². The molecule has 2 heterocycles. The van der Waals surface area contributed by atoms with Crippen molar-refractivity contribution < 1.29 is 22.8 Å². The molecule has 0 aliphatic heterocycles. The van der Waals surface area contributed by atoms with Crippen LogP contribution in [0.5, 0.6) is 0 Å². The lowest BCUT2D eigenvalue weighted by Crippen LogP contribution is -2.16. The Bertz CT molecular complexity index is 1100. The predicted molar refractivity (Wildman–Crippen MR) is 109 cm³/mol. The SMILES string of the molecule is CC(=O)Nc1cccc(NC(=O)c2cnn(-c3ccc(C(F)(F)F)cn3)c2C(C)C)c1. The Morgan fingerprint density at radius 2 is 1.71 bits per heavy atom. The summed E-state index contributed by atoms with van der Waals surface area (Å²) in [7, 11) is 0. The predicted octanol–water partition coefficient (Wildman–Crippen LogP) is 4.62. The molecule has 2 aromatic heterocycles. The van der Waals surface area contributed by atoms with Gasteiger partial charge in [0.15, 0.2) is 5.82 Å². The highest BCUT2D eigenvalue weighted by molar-refractivity contribution is 6.05. The summed E-state index contributed by atoms with van der Waals surface area (Å²) < 4.78 is 39.8. The van der Waals surface area contributed by atoms with Crippen LogP contribution in [0.2, 0.25) is 0 Å². The third-order valence-electron chi connectivity index (χ3n) is 4.33. The van der Waals surface area contributed by atoms with Gasteiger partial charge in [0.1, 0.15) is 0 Å². The number of pyridine rings is 1. The van der Waals surface area contributed by atoms with Crippen molar-refractivity contribution in [1.82, 2.24) is 14.8 Å². The first-order valence-corrected chi connectivity index (χ1v) is 9.37. The second-order valence-corrected chi connectivity index (χ2v) is 7.13. The quantitative estimate of drug-likeness (QED) is 0.617. The topological polar surface area (TPSA) is 88.9 Å². The minimum absolute atomic E-state index is 0.168. The largest absolute Gasteiger partial charge is 0.417 e. The van der Waals surface area contributed by atoms with E-state index in [0.717, 1.165) is 12.3 Å². The minimum atomic E-state index is -4.49. The second-order valence-electron chi connectivity index (χ2n) is 7.13. The maximum absolute atomic E-state index is 12.9. The highest BCUT2D eigenvalue weighted by Crippen LogP contribution is 2.29. The van der Waals surface area contributed by atoms with Gasteiger partial charge in [-0.2, -0.15) is 18.3 Å². The van der Waals surface area contributed by atoms with Crippen LogP contribution in [-0.4, -0.2) is 26.6 Å². The third kappa shape index (κ3) is 5.08. The Kier molecular flexibility index (Phi) is 6.09. The van der Waals surface area contributed by atoms with Crippen molar-refractivity contribution in [2.75, 3.05) is 10.6 Å². The number of benzene rings is 1. The average Bonchev–Trinajstić information content (AvgIpc) is 3.13. The van der Waals surface area contributed by atoms with Crippen LogP contribution >= 0.6 is 0 Å². The van der Waals surface area contributed by atoms with E-state index in [0.29, 0.717) is 17.1 Å². The number of hydrogen-bond donors (Lipinski definition) is 2. The standard InChI is InChI=1S/C21H20F3N5O2/c1-12(2)19-17(20(31)28-16-6-4-5-15(9-16)27-13(3)30)11-26-29(19)18-8-7-14(10-25-18)21(22,23)24/h4-12H,1-3H3,(H,27,30)(H,28,31). The molecular weight excluding hydrogens is 411 g/mol. The van der Waals surface area contributed by atoms with Crippen LogP contribution in [-0.2, 0) is 11.0 Å². The number of alkyl halides is 3. The summed E-state index contributed by atoms with van der Waals surface area (Å²) in [4.78, 5) is 28.0. The molecule has 162 valence electrons. The number of nitrogens with one attached hydrogen (secondary N) is 2. The van der Waals surface area contributed by atoms with Crippen LogP contribution in [0.15, 0.2) is 48.8 Å². The second kappa shape index (κ2) is 8.58. The normalized spacial score (nSPS) is 11.5. The number of carbonyl (C=O) groups is 2. The first-order chi connectivity index (χ1) is 14.6. The number of hydrogen-bond acceptors (Lipinski definition) is 4. The van der Waals surface area contributed by atoms with Gasteiger partial charge in [0.2, 0.25) is 5.91 Å². The molecule has 10 heteroatoms. The summed E-state index contributed by atoms with van der Waals surface area (Å²) in [6.45, 7) is 5.06. The minimum Gasteiger partial charge on any atom is -0.326 e. The van der Waals surface area contributed by atoms with Gasteiger partial charge in [-0.15, -0.1) is 0 Å². The van der Waals surface area contributed by atoms with E-state index in [4.69, 9.17) is 0 Å². The maximum Gasteiger partial charge on any atom is 0.417 e. The van der Waals surface area contributed by atoms with E-state index < -0.39 is 17.6 Å². The zero-order chi connectivity index (χ0) is 22.8. The number of nitrogens with zero attached hydrogens (tertiary/aromatic N) is 3. The summed E-state index contributed by atoms with van der Waals surface area (Å²) >= 11 is 0. The van der Waals surface area contributed by atoms with Crippen molar-refractivity contribution in [3.63, 3.8) is 0 Å². The Morgan fingerprint density at radius 3 is 2.26 bits per heavy atom. The number of halogens is 3. The van der Waals surface area contributed by atoms with Crippen molar-refractivity contribution >= 4 is 23.2 Å². The maximum atomic E-state index is 12.9.